The number of aromatic nitrogens is 1. The average molecular weight is 446 g/mol. The summed E-state index contributed by atoms with van der Waals surface area (Å²) in [6, 6.07) is 21.6. The Morgan fingerprint density at radius 3 is 2.56 bits per heavy atom. The zero-order valence-electron chi connectivity index (χ0n) is 17.5. The molecule has 1 fully saturated rings. The van der Waals surface area contributed by atoms with Gasteiger partial charge in [-0.15, -0.1) is 0 Å². The van der Waals surface area contributed by atoms with Gasteiger partial charge in [-0.1, -0.05) is 59.9 Å². The number of hydrogen-bond donors (Lipinski definition) is 1. The molecule has 32 heavy (non-hydrogen) atoms. The van der Waals surface area contributed by atoms with Crippen LogP contribution in [0.1, 0.15) is 12.8 Å². The molecular formula is C25H23N3O3S. The molecule has 7 heteroatoms. The molecule has 1 aromatic heterocycles. The topological polar surface area (TPSA) is 71.5 Å². The van der Waals surface area contributed by atoms with E-state index < -0.39 is 0 Å². The molecule has 6 nitrogen and oxygen atoms in total. The van der Waals surface area contributed by atoms with Crippen molar-refractivity contribution in [2.75, 3.05) is 25.0 Å². The van der Waals surface area contributed by atoms with E-state index >= 15 is 0 Å². The highest BCUT2D eigenvalue weighted by Crippen LogP contribution is 2.32. The summed E-state index contributed by atoms with van der Waals surface area (Å²) >= 11 is 1.49. The number of carbonyl (C=O) groups excluding carboxylic acids is 2. The molecule has 162 valence electrons. The van der Waals surface area contributed by atoms with E-state index in [4.69, 9.17) is 4.74 Å². The molecule has 2 heterocycles. The minimum absolute atomic E-state index is 0.0144. The number of carbonyl (C=O) groups is 2. The van der Waals surface area contributed by atoms with Gasteiger partial charge in [0.15, 0.2) is 11.7 Å². The van der Waals surface area contributed by atoms with Crippen molar-refractivity contribution in [2.24, 2.45) is 5.92 Å². The van der Waals surface area contributed by atoms with Gasteiger partial charge in [-0.2, -0.15) is 0 Å². The monoisotopic (exact) mass is 445 g/mol. The first-order valence-corrected chi connectivity index (χ1v) is 11.5. The number of piperidine rings is 1. The summed E-state index contributed by atoms with van der Waals surface area (Å²) in [6.07, 6.45) is 1.27. The lowest BCUT2D eigenvalue weighted by molar-refractivity contribution is -0.136. The Kier molecular flexibility index (Phi) is 5.73. The van der Waals surface area contributed by atoms with Gasteiger partial charge < -0.3 is 15.0 Å². The number of fused-ring (bicyclic) bond motifs is 3. The van der Waals surface area contributed by atoms with Crippen molar-refractivity contribution in [1.82, 2.24) is 9.88 Å². The van der Waals surface area contributed by atoms with Crippen molar-refractivity contribution in [3.05, 3.63) is 66.7 Å². The van der Waals surface area contributed by atoms with E-state index in [0.29, 0.717) is 36.8 Å². The Morgan fingerprint density at radius 1 is 1.00 bits per heavy atom. The molecule has 5 rings (SSSR count). The van der Waals surface area contributed by atoms with Crippen LogP contribution in [0.3, 0.4) is 0 Å². The summed E-state index contributed by atoms with van der Waals surface area (Å²) in [7, 11) is 0. The number of ether oxygens (including phenoxy) is 1. The molecule has 0 spiro atoms. The fourth-order valence-corrected chi connectivity index (χ4v) is 4.95. The Labute approximate surface area is 189 Å². The predicted octanol–water partition coefficient (Wildman–Crippen LogP) is 4.71. The minimum Gasteiger partial charge on any atom is -0.484 e. The third-order valence-electron chi connectivity index (χ3n) is 5.84. The maximum Gasteiger partial charge on any atom is 0.260 e. The van der Waals surface area contributed by atoms with Crippen LogP contribution >= 0.6 is 11.3 Å². The number of benzene rings is 3. The van der Waals surface area contributed by atoms with Gasteiger partial charge in [-0.3, -0.25) is 9.59 Å². The van der Waals surface area contributed by atoms with Gasteiger partial charge in [0.25, 0.3) is 5.91 Å². The van der Waals surface area contributed by atoms with Crippen molar-refractivity contribution in [3.63, 3.8) is 0 Å². The highest BCUT2D eigenvalue weighted by Gasteiger charge is 2.28. The van der Waals surface area contributed by atoms with E-state index in [-0.39, 0.29) is 24.3 Å². The lowest BCUT2D eigenvalue weighted by Crippen LogP contribution is -2.43. The number of hydrogen-bond acceptors (Lipinski definition) is 5. The second kappa shape index (κ2) is 8.96. The van der Waals surface area contributed by atoms with E-state index in [2.05, 4.69) is 28.5 Å². The molecule has 1 aliphatic rings. The van der Waals surface area contributed by atoms with E-state index in [1.807, 2.05) is 48.5 Å². The Morgan fingerprint density at radius 2 is 1.75 bits per heavy atom. The van der Waals surface area contributed by atoms with Crippen LogP contribution in [0.15, 0.2) is 66.7 Å². The molecule has 4 aromatic rings. The third kappa shape index (κ3) is 4.29. The van der Waals surface area contributed by atoms with Crippen LogP contribution < -0.4 is 10.1 Å². The summed E-state index contributed by atoms with van der Waals surface area (Å²) in [6.45, 7) is 1.12. The highest BCUT2D eigenvalue weighted by molar-refractivity contribution is 7.22. The van der Waals surface area contributed by atoms with Crippen LogP contribution in [0.5, 0.6) is 5.75 Å². The minimum atomic E-state index is -0.127. The first-order valence-electron chi connectivity index (χ1n) is 10.7. The molecule has 0 unspecified atom stereocenters. The van der Waals surface area contributed by atoms with Crippen molar-refractivity contribution in [1.29, 1.82) is 0 Å². The largest absolute Gasteiger partial charge is 0.484 e. The second-order valence-electron chi connectivity index (χ2n) is 7.90. The van der Waals surface area contributed by atoms with Crippen LogP contribution in [0.4, 0.5) is 5.13 Å². The highest BCUT2D eigenvalue weighted by atomic mass is 32.1. The predicted molar refractivity (Wildman–Crippen MR) is 127 cm³/mol. The standard InChI is InChI=1S/C25H23N3O3S/c29-22(16-31-19-7-2-1-3-8-19)28-14-12-18(13-15-28)24(30)27-25-26-23-20-9-5-4-6-17(20)10-11-21(23)32-25/h1-11,18H,12-16H2,(H,26,27,30). The fraction of sp³-hybridized carbons (Fsp3) is 0.240. The second-order valence-corrected chi connectivity index (χ2v) is 8.93. The van der Waals surface area contributed by atoms with Gasteiger partial charge in [-0.05, 0) is 36.4 Å². The van der Waals surface area contributed by atoms with Gasteiger partial charge in [0.2, 0.25) is 5.91 Å². The number of thiazole rings is 1. The zero-order valence-corrected chi connectivity index (χ0v) is 18.3. The van der Waals surface area contributed by atoms with Crippen LogP contribution in [0.25, 0.3) is 21.0 Å². The molecule has 3 aromatic carbocycles. The van der Waals surface area contributed by atoms with Crippen molar-refractivity contribution < 1.29 is 14.3 Å². The number of amides is 2. The average Bonchev–Trinajstić information content (AvgIpc) is 3.26. The Bertz CT molecular complexity index is 1260. The van der Waals surface area contributed by atoms with E-state index in [1.54, 1.807) is 4.90 Å². The molecule has 0 saturated carbocycles. The molecular weight excluding hydrogens is 422 g/mol. The molecule has 1 aliphatic heterocycles. The van der Waals surface area contributed by atoms with Crippen LogP contribution in [0.2, 0.25) is 0 Å². The van der Waals surface area contributed by atoms with Crippen LogP contribution in [-0.4, -0.2) is 41.4 Å². The number of anilines is 1. The summed E-state index contributed by atoms with van der Waals surface area (Å²) in [5.41, 5.74) is 0.919. The van der Waals surface area contributed by atoms with Crippen LogP contribution in [0, 0.1) is 5.92 Å². The first-order chi connectivity index (χ1) is 15.7. The summed E-state index contributed by atoms with van der Waals surface area (Å²) in [5.74, 6) is 0.475. The van der Waals surface area contributed by atoms with Gasteiger partial charge in [-0.25, -0.2) is 4.98 Å². The summed E-state index contributed by atoms with van der Waals surface area (Å²) in [5, 5.41) is 5.84. The van der Waals surface area contributed by atoms with Crippen molar-refractivity contribution in [2.45, 2.75) is 12.8 Å². The van der Waals surface area contributed by atoms with Crippen molar-refractivity contribution >= 4 is 49.3 Å². The number of para-hydroxylation sites is 1. The summed E-state index contributed by atoms with van der Waals surface area (Å²) < 4.78 is 6.61. The van der Waals surface area contributed by atoms with E-state index in [9.17, 15) is 9.59 Å². The van der Waals surface area contributed by atoms with Gasteiger partial charge >= 0.3 is 0 Å². The van der Waals surface area contributed by atoms with Gasteiger partial charge in [0.1, 0.15) is 5.75 Å². The molecule has 1 N–H and O–H groups in total. The normalized spacial score (nSPS) is 14.6. The molecule has 0 aliphatic carbocycles. The maximum absolute atomic E-state index is 12.8. The molecule has 0 radical (unpaired) electrons. The first kappa shape index (κ1) is 20.5. The lowest BCUT2D eigenvalue weighted by Gasteiger charge is -2.31. The van der Waals surface area contributed by atoms with E-state index in [1.165, 1.54) is 11.3 Å². The van der Waals surface area contributed by atoms with Crippen LogP contribution in [-0.2, 0) is 9.59 Å². The maximum atomic E-state index is 12.8. The summed E-state index contributed by atoms with van der Waals surface area (Å²) in [4.78, 5) is 31.7. The third-order valence-corrected chi connectivity index (χ3v) is 6.77. The lowest BCUT2D eigenvalue weighted by atomic mass is 9.96. The number of nitrogens with one attached hydrogen (secondary N) is 1. The zero-order chi connectivity index (χ0) is 21.9. The number of rotatable bonds is 5. The number of nitrogens with zero attached hydrogens (tertiary/aromatic N) is 2. The molecule has 0 atom stereocenters. The Hall–Kier alpha value is -3.45. The van der Waals surface area contributed by atoms with Gasteiger partial charge in [0, 0.05) is 24.4 Å². The smallest absolute Gasteiger partial charge is 0.260 e. The van der Waals surface area contributed by atoms with Gasteiger partial charge in [0.05, 0.1) is 10.2 Å². The Balaban J connectivity index is 1.17. The molecule has 1 saturated heterocycles. The quantitative estimate of drug-likeness (QED) is 0.483. The molecule has 2 amide bonds. The number of likely N-dealkylation sites (tertiary alicyclic amines) is 1. The SMILES string of the molecule is O=C(Nc1nc2c(ccc3ccccc32)s1)C1CCN(C(=O)COc2ccccc2)CC1. The van der Waals surface area contributed by atoms with E-state index in [0.717, 1.165) is 21.0 Å². The molecule has 0 bridgehead atoms. The fourth-order valence-electron chi connectivity index (χ4n) is 4.07. The van der Waals surface area contributed by atoms with Crippen molar-refractivity contribution in [3.8, 4) is 5.75 Å².